The van der Waals surface area contributed by atoms with E-state index in [2.05, 4.69) is 0 Å². The van der Waals surface area contributed by atoms with E-state index in [9.17, 15) is 9.59 Å². The fourth-order valence-electron chi connectivity index (χ4n) is 2.81. The zero-order valence-electron chi connectivity index (χ0n) is 11.7. The van der Waals surface area contributed by atoms with Crippen LogP contribution in [0.5, 0.6) is 0 Å². The van der Waals surface area contributed by atoms with Gasteiger partial charge < -0.3 is 10.0 Å². The standard InChI is InChI=1S/C14H25NO3/c1-14(2,9-12(16)17)13(18)15(3)10-11-7-5-4-6-8-11/h11H,4-10H2,1-3H3,(H,16,17). The van der Waals surface area contributed by atoms with Crippen molar-refractivity contribution < 1.29 is 14.7 Å². The molecule has 0 aliphatic heterocycles. The maximum Gasteiger partial charge on any atom is 0.304 e. The second kappa shape index (κ2) is 6.21. The van der Waals surface area contributed by atoms with Gasteiger partial charge in [0.25, 0.3) is 0 Å². The van der Waals surface area contributed by atoms with Crippen molar-refractivity contribution >= 4 is 11.9 Å². The fourth-order valence-corrected chi connectivity index (χ4v) is 2.81. The molecule has 0 atom stereocenters. The smallest absolute Gasteiger partial charge is 0.304 e. The molecule has 1 amide bonds. The molecule has 0 aromatic rings. The Kier molecular flexibility index (Phi) is 5.17. The molecule has 0 aromatic carbocycles. The second-order valence-corrected chi connectivity index (χ2v) is 6.14. The van der Waals surface area contributed by atoms with Gasteiger partial charge in [-0.1, -0.05) is 33.1 Å². The lowest BCUT2D eigenvalue weighted by atomic mass is 9.86. The average molecular weight is 255 g/mol. The predicted octanol–water partition coefficient (Wildman–Crippen LogP) is 2.53. The predicted molar refractivity (Wildman–Crippen MR) is 70.2 cm³/mol. The first-order chi connectivity index (χ1) is 8.33. The van der Waals surface area contributed by atoms with Gasteiger partial charge in [-0.05, 0) is 18.8 Å². The minimum absolute atomic E-state index is 0.0597. The summed E-state index contributed by atoms with van der Waals surface area (Å²) in [5.41, 5.74) is -0.810. The van der Waals surface area contributed by atoms with Crippen molar-refractivity contribution in [2.45, 2.75) is 52.4 Å². The quantitative estimate of drug-likeness (QED) is 0.821. The SMILES string of the molecule is CN(CC1CCCCC1)C(=O)C(C)(C)CC(=O)O. The molecule has 0 aromatic heterocycles. The van der Waals surface area contributed by atoms with Gasteiger partial charge in [0.2, 0.25) is 5.91 Å². The molecule has 4 heteroatoms. The molecule has 0 spiro atoms. The fraction of sp³-hybridized carbons (Fsp3) is 0.857. The molecular weight excluding hydrogens is 230 g/mol. The minimum atomic E-state index is -0.917. The van der Waals surface area contributed by atoms with Gasteiger partial charge in [-0.25, -0.2) is 0 Å². The van der Waals surface area contributed by atoms with Crippen molar-refractivity contribution in [2.75, 3.05) is 13.6 Å². The molecule has 1 fully saturated rings. The van der Waals surface area contributed by atoms with Crippen molar-refractivity contribution in [2.24, 2.45) is 11.3 Å². The summed E-state index contributed by atoms with van der Waals surface area (Å²) in [5, 5.41) is 8.83. The highest BCUT2D eigenvalue weighted by molar-refractivity contribution is 5.86. The molecule has 1 aliphatic carbocycles. The van der Waals surface area contributed by atoms with Gasteiger partial charge in [-0.15, -0.1) is 0 Å². The molecule has 1 aliphatic rings. The molecule has 0 saturated heterocycles. The topological polar surface area (TPSA) is 57.6 Å². The number of carboxylic acids is 1. The van der Waals surface area contributed by atoms with Crippen LogP contribution in [0.25, 0.3) is 0 Å². The summed E-state index contributed by atoms with van der Waals surface area (Å²) in [6.45, 7) is 4.18. The third-order valence-corrected chi connectivity index (χ3v) is 3.78. The molecule has 1 saturated carbocycles. The van der Waals surface area contributed by atoms with E-state index >= 15 is 0 Å². The summed E-state index contributed by atoms with van der Waals surface area (Å²) in [6.07, 6.45) is 6.09. The monoisotopic (exact) mass is 255 g/mol. The van der Waals surface area contributed by atoms with Crippen molar-refractivity contribution in [3.63, 3.8) is 0 Å². The molecule has 1 N–H and O–H groups in total. The maximum absolute atomic E-state index is 12.2. The highest BCUT2D eigenvalue weighted by atomic mass is 16.4. The van der Waals surface area contributed by atoms with Gasteiger partial charge in [-0.2, -0.15) is 0 Å². The molecule has 18 heavy (non-hydrogen) atoms. The van der Waals surface area contributed by atoms with Crippen LogP contribution in [0, 0.1) is 11.3 Å². The van der Waals surface area contributed by atoms with E-state index in [1.807, 2.05) is 0 Å². The van der Waals surface area contributed by atoms with Gasteiger partial charge in [-0.3, -0.25) is 9.59 Å². The molecule has 0 bridgehead atoms. The highest BCUT2D eigenvalue weighted by Gasteiger charge is 2.33. The van der Waals surface area contributed by atoms with Crippen LogP contribution < -0.4 is 0 Å². The Hall–Kier alpha value is -1.06. The van der Waals surface area contributed by atoms with Crippen LogP contribution in [0.2, 0.25) is 0 Å². The van der Waals surface area contributed by atoms with Gasteiger partial charge in [0.05, 0.1) is 11.8 Å². The zero-order valence-corrected chi connectivity index (χ0v) is 11.7. The van der Waals surface area contributed by atoms with Gasteiger partial charge in [0, 0.05) is 13.6 Å². The van der Waals surface area contributed by atoms with Crippen LogP contribution in [-0.4, -0.2) is 35.5 Å². The summed E-state index contributed by atoms with van der Waals surface area (Å²) in [7, 11) is 1.79. The third kappa shape index (κ3) is 4.31. The lowest BCUT2D eigenvalue weighted by molar-refractivity contribution is -0.148. The molecular formula is C14H25NO3. The summed E-state index contributed by atoms with van der Waals surface area (Å²) in [4.78, 5) is 24.7. The van der Waals surface area contributed by atoms with Crippen LogP contribution in [0.1, 0.15) is 52.4 Å². The number of hydrogen-bond acceptors (Lipinski definition) is 2. The Morgan fingerprint density at radius 2 is 1.78 bits per heavy atom. The van der Waals surface area contributed by atoms with E-state index in [4.69, 9.17) is 5.11 Å². The summed E-state index contributed by atoms with van der Waals surface area (Å²) in [6, 6.07) is 0. The lowest BCUT2D eigenvalue weighted by Crippen LogP contribution is -2.42. The van der Waals surface area contributed by atoms with Crippen molar-refractivity contribution in [3.05, 3.63) is 0 Å². The minimum Gasteiger partial charge on any atom is -0.481 e. The summed E-state index contributed by atoms with van der Waals surface area (Å²) >= 11 is 0. The number of aliphatic carboxylic acids is 1. The molecule has 1 rings (SSSR count). The van der Waals surface area contributed by atoms with Crippen LogP contribution in [0.3, 0.4) is 0 Å². The lowest BCUT2D eigenvalue weighted by Gasteiger charge is -2.32. The molecule has 0 unspecified atom stereocenters. The van der Waals surface area contributed by atoms with Crippen LogP contribution in [0.15, 0.2) is 0 Å². The summed E-state index contributed by atoms with van der Waals surface area (Å²) < 4.78 is 0. The normalized spacial score (nSPS) is 17.5. The molecule has 0 heterocycles. The third-order valence-electron chi connectivity index (χ3n) is 3.78. The maximum atomic E-state index is 12.2. The largest absolute Gasteiger partial charge is 0.481 e. The Labute approximate surface area is 109 Å². The Bertz CT molecular complexity index is 306. The van der Waals surface area contributed by atoms with Crippen LogP contribution >= 0.6 is 0 Å². The number of carbonyl (C=O) groups excluding carboxylic acids is 1. The van der Waals surface area contributed by atoms with Gasteiger partial charge >= 0.3 is 5.97 Å². The molecule has 0 radical (unpaired) electrons. The van der Waals surface area contributed by atoms with E-state index in [0.717, 1.165) is 6.54 Å². The number of nitrogens with zero attached hydrogens (tertiary/aromatic N) is 1. The van der Waals surface area contributed by atoms with Crippen LogP contribution in [-0.2, 0) is 9.59 Å². The average Bonchev–Trinajstić information content (AvgIpc) is 2.27. The highest BCUT2D eigenvalue weighted by Crippen LogP contribution is 2.27. The van der Waals surface area contributed by atoms with Crippen LogP contribution in [0.4, 0.5) is 0 Å². The number of rotatable bonds is 5. The van der Waals surface area contributed by atoms with E-state index in [1.165, 1.54) is 32.1 Å². The zero-order chi connectivity index (χ0) is 13.8. The van der Waals surface area contributed by atoms with Gasteiger partial charge in [0.1, 0.15) is 0 Å². The van der Waals surface area contributed by atoms with Crippen molar-refractivity contribution in [1.29, 1.82) is 0 Å². The first-order valence-corrected chi connectivity index (χ1v) is 6.80. The van der Waals surface area contributed by atoms with Crippen molar-refractivity contribution in [1.82, 2.24) is 4.90 Å². The van der Waals surface area contributed by atoms with E-state index in [-0.39, 0.29) is 12.3 Å². The van der Waals surface area contributed by atoms with E-state index in [1.54, 1.807) is 25.8 Å². The number of hydrogen-bond donors (Lipinski definition) is 1. The van der Waals surface area contributed by atoms with E-state index in [0.29, 0.717) is 5.92 Å². The van der Waals surface area contributed by atoms with Gasteiger partial charge in [0.15, 0.2) is 0 Å². The van der Waals surface area contributed by atoms with E-state index < -0.39 is 11.4 Å². The molecule has 4 nitrogen and oxygen atoms in total. The van der Waals surface area contributed by atoms with Crippen molar-refractivity contribution in [3.8, 4) is 0 Å². The number of amides is 1. The first-order valence-electron chi connectivity index (χ1n) is 6.80. The Balaban J connectivity index is 2.51. The first kappa shape index (κ1) is 15.0. The molecule has 104 valence electrons. The second-order valence-electron chi connectivity index (χ2n) is 6.14. The number of carbonyl (C=O) groups is 2. The Morgan fingerprint density at radius 1 is 1.22 bits per heavy atom. The number of carboxylic acid groups (broad SMARTS) is 1. The summed E-state index contributed by atoms with van der Waals surface area (Å²) in [5.74, 6) is -0.386. The Morgan fingerprint density at radius 3 is 2.28 bits per heavy atom.